The number of hydrogen-bond acceptors (Lipinski definition) is 3. The van der Waals surface area contributed by atoms with Crippen molar-refractivity contribution in [1.29, 1.82) is 0 Å². The molecule has 0 bridgehead atoms. The van der Waals surface area contributed by atoms with Crippen LogP contribution in [0.1, 0.15) is 31.4 Å². The second-order valence-corrected chi connectivity index (χ2v) is 7.34. The molecular weight excluding hydrogens is 364 g/mol. The predicted molar refractivity (Wildman–Crippen MR) is 113 cm³/mol. The maximum atomic E-state index is 12.9. The SMILES string of the molecule is C/C=C/C[C@@H]1[C@@H]([C@H](C)NC(=O)OCc2ccccc2)C(=O)N1Cc1ccccc1. The van der Waals surface area contributed by atoms with E-state index < -0.39 is 6.09 Å². The van der Waals surface area contributed by atoms with E-state index in [9.17, 15) is 9.59 Å². The Morgan fingerprint density at radius 1 is 1.10 bits per heavy atom. The number of likely N-dealkylation sites (tertiary alicyclic amines) is 1. The van der Waals surface area contributed by atoms with Crippen molar-refractivity contribution in [2.75, 3.05) is 0 Å². The Balaban J connectivity index is 1.58. The molecule has 0 saturated carbocycles. The van der Waals surface area contributed by atoms with Gasteiger partial charge < -0.3 is 15.0 Å². The first-order chi connectivity index (χ1) is 14.1. The second kappa shape index (κ2) is 9.92. The number of carbonyl (C=O) groups is 2. The maximum absolute atomic E-state index is 12.9. The van der Waals surface area contributed by atoms with Crippen LogP contribution in [0.25, 0.3) is 0 Å². The lowest BCUT2D eigenvalue weighted by atomic mass is 9.79. The van der Waals surface area contributed by atoms with Crippen molar-refractivity contribution >= 4 is 12.0 Å². The fourth-order valence-corrected chi connectivity index (χ4v) is 3.74. The van der Waals surface area contributed by atoms with Gasteiger partial charge in [-0.3, -0.25) is 4.79 Å². The van der Waals surface area contributed by atoms with E-state index in [4.69, 9.17) is 4.74 Å². The number of rotatable bonds is 8. The molecule has 1 aliphatic heterocycles. The summed E-state index contributed by atoms with van der Waals surface area (Å²) in [6.07, 6.45) is 4.33. The fraction of sp³-hybridized carbons (Fsp3) is 0.333. The number of nitrogens with zero attached hydrogens (tertiary/aromatic N) is 1. The molecule has 2 aromatic carbocycles. The molecule has 3 rings (SSSR count). The zero-order valence-electron chi connectivity index (χ0n) is 17.0. The number of hydrogen-bond donors (Lipinski definition) is 1. The van der Waals surface area contributed by atoms with Gasteiger partial charge >= 0.3 is 6.09 Å². The molecule has 0 aliphatic carbocycles. The Labute approximate surface area is 172 Å². The Bertz CT molecular complexity index is 836. The Morgan fingerprint density at radius 3 is 2.34 bits per heavy atom. The van der Waals surface area contributed by atoms with Gasteiger partial charge in [-0.2, -0.15) is 0 Å². The number of amides is 2. The third-order valence-corrected chi connectivity index (χ3v) is 5.29. The van der Waals surface area contributed by atoms with Gasteiger partial charge in [0.15, 0.2) is 0 Å². The molecule has 3 atom stereocenters. The molecule has 2 aromatic rings. The summed E-state index contributed by atoms with van der Waals surface area (Å²) in [5.41, 5.74) is 2.03. The van der Waals surface area contributed by atoms with Gasteiger partial charge in [0.1, 0.15) is 6.61 Å². The molecule has 152 valence electrons. The Hall–Kier alpha value is -3.08. The van der Waals surface area contributed by atoms with Gasteiger partial charge in [0.05, 0.1) is 5.92 Å². The smallest absolute Gasteiger partial charge is 0.407 e. The first-order valence-electron chi connectivity index (χ1n) is 10.0. The highest BCUT2D eigenvalue weighted by Crippen LogP contribution is 2.34. The van der Waals surface area contributed by atoms with Crippen molar-refractivity contribution in [1.82, 2.24) is 10.2 Å². The van der Waals surface area contributed by atoms with Crippen molar-refractivity contribution in [2.45, 2.75) is 45.5 Å². The van der Waals surface area contributed by atoms with E-state index in [-0.39, 0.29) is 30.5 Å². The second-order valence-electron chi connectivity index (χ2n) is 7.34. The highest BCUT2D eigenvalue weighted by atomic mass is 16.5. The molecule has 0 spiro atoms. The van der Waals surface area contributed by atoms with Crippen molar-refractivity contribution < 1.29 is 14.3 Å². The molecule has 5 heteroatoms. The summed E-state index contributed by atoms with van der Waals surface area (Å²) in [7, 11) is 0. The number of nitrogens with one attached hydrogen (secondary N) is 1. The zero-order chi connectivity index (χ0) is 20.6. The normalized spacial score (nSPS) is 19.7. The molecule has 0 aromatic heterocycles. The molecule has 1 fully saturated rings. The van der Waals surface area contributed by atoms with Gasteiger partial charge in [0.25, 0.3) is 0 Å². The largest absolute Gasteiger partial charge is 0.445 e. The molecule has 2 amide bonds. The van der Waals surface area contributed by atoms with Gasteiger partial charge in [-0.25, -0.2) is 4.79 Å². The molecule has 0 radical (unpaired) electrons. The van der Waals surface area contributed by atoms with Crippen molar-refractivity contribution in [3.05, 3.63) is 83.9 Å². The van der Waals surface area contributed by atoms with Crippen molar-refractivity contribution in [2.24, 2.45) is 5.92 Å². The minimum absolute atomic E-state index is 0.0586. The topological polar surface area (TPSA) is 58.6 Å². The molecule has 1 N–H and O–H groups in total. The van der Waals surface area contributed by atoms with E-state index in [1.165, 1.54) is 0 Å². The van der Waals surface area contributed by atoms with E-state index in [1.807, 2.05) is 85.5 Å². The van der Waals surface area contributed by atoms with Crippen LogP contribution in [0.3, 0.4) is 0 Å². The average molecular weight is 392 g/mol. The number of ether oxygens (including phenoxy) is 1. The quantitative estimate of drug-likeness (QED) is 0.538. The standard InChI is InChI=1S/C24H28N2O3/c1-3-4-15-21-22(23(27)26(21)16-19-11-7-5-8-12-19)18(2)25-24(28)29-17-20-13-9-6-10-14-20/h3-14,18,21-22H,15-17H2,1-2H3,(H,25,28)/b4-3+/t18-,21+,22+/m0/s1. The van der Waals surface area contributed by atoms with Crippen LogP contribution < -0.4 is 5.32 Å². The van der Waals surface area contributed by atoms with Crippen LogP contribution in [-0.2, 0) is 22.7 Å². The lowest BCUT2D eigenvalue weighted by molar-refractivity contribution is -0.159. The third kappa shape index (κ3) is 5.25. The van der Waals surface area contributed by atoms with E-state index in [1.54, 1.807) is 0 Å². The van der Waals surface area contributed by atoms with Crippen LogP contribution >= 0.6 is 0 Å². The number of alkyl carbamates (subject to hydrolysis) is 1. The summed E-state index contributed by atoms with van der Waals surface area (Å²) in [4.78, 5) is 26.9. The third-order valence-electron chi connectivity index (χ3n) is 5.29. The minimum Gasteiger partial charge on any atom is -0.445 e. The molecule has 5 nitrogen and oxygen atoms in total. The van der Waals surface area contributed by atoms with E-state index in [2.05, 4.69) is 11.4 Å². The summed E-state index contributed by atoms with van der Waals surface area (Å²) < 4.78 is 5.30. The van der Waals surface area contributed by atoms with Crippen LogP contribution in [0.4, 0.5) is 4.79 Å². The van der Waals surface area contributed by atoms with Crippen molar-refractivity contribution in [3.8, 4) is 0 Å². The van der Waals surface area contributed by atoms with Crippen molar-refractivity contribution in [3.63, 3.8) is 0 Å². The highest BCUT2D eigenvalue weighted by Gasteiger charge is 2.49. The summed E-state index contributed by atoms with van der Waals surface area (Å²) >= 11 is 0. The van der Waals surface area contributed by atoms with Gasteiger partial charge in [-0.05, 0) is 31.4 Å². The van der Waals surface area contributed by atoms with Gasteiger partial charge in [0.2, 0.25) is 5.91 Å². The number of carbonyl (C=O) groups excluding carboxylic acids is 2. The lowest BCUT2D eigenvalue weighted by Crippen LogP contribution is -2.65. The van der Waals surface area contributed by atoms with Gasteiger partial charge in [-0.15, -0.1) is 0 Å². The van der Waals surface area contributed by atoms with E-state index in [0.717, 1.165) is 17.5 Å². The molecule has 1 aliphatic rings. The molecule has 1 heterocycles. The van der Waals surface area contributed by atoms with Crippen LogP contribution in [0.5, 0.6) is 0 Å². The number of allylic oxidation sites excluding steroid dienone is 1. The highest BCUT2D eigenvalue weighted by molar-refractivity contribution is 5.87. The summed E-state index contributed by atoms with van der Waals surface area (Å²) in [6, 6.07) is 19.3. The molecular formula is C24H28N2O3. The Morgan fingerprint density at radius 2 is 1.72 bits per heavy atom. The van der Waals surface area contributed by atoms with E-state index in [0.29, 0.717) is 6.54 Å². The van der Waals surface area contributed by atoms with Crippen LogP contribution in [0.15, 0.2) is 72.8 Å². The van der Waals surface area contributed by atoms with Gasteiger partial charge in [0, 0.05) is 18.6 Å². The molecule has 0 unspecified atom stereocenters. The first-order valence-corrected chi connectivity index (χ1v) is 10.0. The summed E-state index contributed by atoms with van der Waals surface area (Å²) in [5.74, 6) is -0.182. The predicted octanol–water partition coefficient (Wildman–Crippen LogP) is 4.29. The maximum Gasteiger partial charge on any atom is 0.407 e. The van der Waals surface area contributed by atoms with Crippen LogP contribution in [0.2, 0.25) is 0 Å². The molecule has 1 saturated heterocycles. The summed E-state index contributed by atoms with van der Waals surface area (Å²) in [5, 5.41) is 2.84. The molecule has 29 heavy (non-hydrogen) atoms. The monoisotopic (exact) mass is 392 g/mol. The minimum atomic E-state index is -0.500. The number of benzene rings is 2. The summed E-state index contributed by atoms with van der Waals surface area (Å²) in [6.45, 7) is 4.64. The average Bonchev–Trinajstić information content (AvgIpc) is 2.74. The lowest BCUT2D eigenvalue weighted by Gasteiger charge is -2.49. The van der Waals surface area contributed by atoms with Crippen LogP contribution in [0, 0.1) is 5.92 Å². The first kappa shape index (κ1) is 20.6. The number of β-lactam (4-membered cyclic amide) rings is 1. The van der Waals surface area contributed by atoms with E-state index >= 15 is 0 Å². The van der Waals surface area contributed by atoms with Crippen LogP contribution in [-0.4, -0.2) is 29.0 Å². The zero-order valence-corrected chi connectivity index (χ0v) is 17.0. The fourth-order valence-electron chi connectivity index (χ4n) is 3.74. The Kier molecular flexibility index (Phi) is 7.06. The van der Waals surface area contributed by atoms with Gasteiger partial charge in [-0.1, -0.05) is 72.8 Å².